The molecule has 0 N–H and O–H groups in total. The van der Waals surface area contributed by atoms with E-state index in [-0.39, 0.29) is 5.41 Å². The zero-order valence-electron chi connectivity index (χ0n) is 27.1. The van der Waals surface area contributed by atoms with Gasteiger partial charge in [0.2, 0.25) is 0 Å². The van der Waals surface area contributed by atoms with Gasteiger partial charge in [0.15, 0.2) is 17.5 Å². The Morgan fingerprint density at radius 3 is 1.53 bits per heavy atom. The van der Waals surface area contributed by atoms with Gasteiger partial charge in [-0.2, -0.15) is 5.26 Å². The monoisotopic (exact) mass is 626 g/mol. The van der Waals surface area contributed by atoms with Crippen molar-refractivity contribution in [2.45, 2.75) is 19.3 Å². The Morgan fingerprint density at radius 1 is 0.449 bits per heavy atom. The molecular weight excluding hydrogens is 597 g/mol. The van der Waals surface area contributed by atoms with Gasteiger partial charge in [0, 0.05) is 27.7 Å². The van der Waals surface area contributed by atoms with Crippen LogP contribution in [0.25, 0.3) is 78.0 Å². The molecule has 0 aliphatic heterocycles. The molecule has 230 valence electrons. The molecule has 4 heteroatoms. The van der Waals surface area contributed by atoms with E-state index in [1.165, 1.54) is 11.1 Å². The van der Waals surface area contributed by atoms with E-state index in [0.29, 0.717) is 23.0 Å². The van der Waals surface area contributed by atoms with Crippen LogP contribution in [0.4, 0.5) is 0 Å². The van der Waals surface area contributed by atoms with Gasteiger partial charge < -0.3 is 0 Å². The van der Waals surface area contributed by atoms with E-state index >= 15 is 0 Å². The number of rotatable bonds is 4. The van der Waals surface area contributed by atoms with Crippen molar-refractivity contribution in [3.63, 3.8) is 0 Å². The Morgan fingerprint density at radius 2 is 0.918 bits per heavy atom. The smallest absolute Gasteiger partial charge is 0.164 e. The van der Waals surface area contributed by atoms with E-state index in [1.54, 1.807) is 0 Å². The summed E-state index contributed by atoms with van der Waals surface area (Å²) < 4.78 is 0. The van der Waals surface area contributed by atoms with Crippen LogP contribution in [0.2, 0.25) is 0 Å². The normalized spacial score (nSPS) is 12.8. The molecule has 9 rings (SSSR count). The Bertz CT molecular complexity index is 2540. The van der Waals surface area contributed by atoms with E-state index in [1.807, 2.05) is 12.1 Å². The summed E-state index contributed by atoms with van der Waals surface area (Å²) in [6.45, 7) is 4.49. The highest BCUT2D eigenvalue weighted by atomic mass is 15.0. The Labute approximate surface area is 285 Å². The summed E-state index contributed by atoms with van der Waals surface area (Å²) in [4.78, 5) is 15.3. The molecule has 8 aromatic rings. The number of nitriles is 1. The molecule has 0 saturated heterocycles. The Balaban J connectivity index is 1.21. The average molecular weight is 627 g/mol. The highest BCUT2D eigenvalue weighted by Crippen LogP contribution is 2.53. The minimum absolute atomic E-state index is 0.200. The van der Waals surface area contributed by atoms with Crippen LogP contribution >= 0.6 is 0 Å². The van der Waals surface area contributed by atoms with E-state index < -0.39 is 0 Å². The van der Waals surface area contributed by atoms with E-state index in [4.69, 9.17) is 15.0 Å². The van der Waals surface area contributed by atoms with Crippen molar-refractivity contribution in [2.75, 3.05) is 0 Å². The van der Waals surface area contributed by atoms with Crippen molar-refractivity contribution in [2.24, 2.45) is 0 Å². The lowest BCUT2D eigenvalue weighted by molar-refractivity contribution is 0.660. The average Bonchev–Trinajstić information content (AvgIpc) is 3.40. The number of fused-ring (bicyclic) bond motifs is 5. The van der Waals surface area contributed by atoms with Gasteiger partial charge in [-0.15, -0.1) is 0 Å². The first-order chi connectivity index (χ1) is 24.0. The van der Waals surface area contributed by atoms with Crippen LogP contribution in [0, 0.1) is 11.3 Å². The molecule has 1 aliphatic rings. The van der Waals surface area contributed by atoms with E-state index in [9.17, 15) is 5.26 Å². The molecule has 0 fully saturated rings. The first kappa shape index (κ1) is 28.8. The van der Waals surface area contributed by atoms with Crippen molar-refractivity contribution in [1.82, 2.24) is 15.0 Å². The zero-order valence-corrected chi connectivity index (χ0v) is 27.1. The fourth-order valence-electron chi connectivity index (χ4n) is 7.55. The summed E-state index contributed by atoms with van der Waals surface area (Å²) in [6.07, 6.45) is 0. The van der Waals surface area contributed by atoms with Crippen LogP contribution in [0.3, 0.4) is 0 Å². The van der Waals surface area contributed by atoms with Crippen molar-refractivity contribution in [1.29, 1.82) is 5.26 Å². The molecule has 7 aromatic carbocycles. The topological polar surface area (TPSA) is 62.5 Å². The molecule has 0 bridgehead atoms. The van der Waals surface area contributed by atoms with Crippen molar-refractivity contribution in [3.8, 4) is 62.5 Å². The lowest BCUT2D eigenvalue weighted by atomic mass is 9.82. The minimum Gasteiger partial charge on any atom is -0.208 e. The molecule has 49 heavy (non-hydrogen) atoms. The molecule has 0 amide bonds. The maximum atomic E-state index is 10.1. The summed E-state index contributed by atoms with van der Waals surface area (Å²) in [6, 6.07) is 52.7. The second-order valence-electron chi connectivity index (χ2n) is 13.1. The lowest BCUT2D eigenvalue weighted by Gasteiger charge is -2.21. The highest BCUT2D eigenvalue weighted by Gasteiger charge is 2.38. The van der Waals surface area contributed by atoms with Gasteiger partial charge in [0.25, 0.3) is 0 Å². The Hall–Kier alpha value is -6.44. The summed E-state index contributed by atoms with van der Waals surface area (Å²) in [5.41, 5.74) is 10.2. The Kier molecular flexibility index (Phi) is 6.50. The van der Waals surface area contributed by atoms with Gasteiger partial charge in [-0.05, 0) is 55.4 Å². The molecule has 0 radical (unpaired) electrons. The maximum absolute atomic E-state index is 10.1. The summed E-state index contributed by atoms with van der Waals surface area (Å²) >= 11 is 0. The molecule has 4 nitrogen and oxygen atoms in total. The van der Waals surface area contributed by atoms with Crippen molar-refractivity contribution < 1.29 is 0 Å². The molecule has 1 aromatic heterocycles. The third-order valence-corrected chi connectivity index (χ3v) is 10.00. The molecule has 1 heterocycles. The van der Waals surface area contributed by atoms with Gasteiger partial charge in [-0.3, -0.25) is 0 Å². The maximum Gasteiger partial charge on any atom is 0.164 e. The largest absolute Gasteiger partial charge is 0.208 e. The molecular formula is C45H30N4. The summed E-state index contributed by atoms with van der Waals surface area (Å²) in [5.74, 6) is 1.89. The standard InChI is InChI=1S/C45H30N4/c1-45(2)38-21-9-15-32(27-46)40(38)41-35(18-10-22-39(41)45)30-23-25-31(26-24-30)42-47-43(36-19-7-13-28-11-3-5-16-33(28)36)49-44(48-42)37-20-8-14-29-12-4-6-17-34(29)37/h3-26H,1-2H3. The first-order valence-electron chi connectivity index (χ1n) is 16.5. The van der Waals surface area contributed by atoms with Gasteiger partial charge in [-0.25, -0.2) is 15.0 Å². The van der Waals surface area contributed by atoms with Crippen LogP contribution in [-0.4, -0.2) is 15.0 Å². The second-order valence-corrected chi connectivity index (χ2v) is 13.1. The first-order valence-corrected chi connectivity index (χ1v) is 16.5. The minimum atomic E-state index is -0.200. The van der Waals surface area contributed by atoms with Crippen LogP contribution in [0.1, 0.15) is 30.5 Å². The molecule has 0 spiro atoms. The predicted octanol–water partition coefficient (Wildman–Crippen LogP) is 11.0. The van der Waals surface area contributed by atoms with Gasteiger partial charge in [-0.1, -0.05) is 153 Å². The summed E-state index contributed by atoms with van der Waals surface area (Å²) in [7, 11) is 0. The number of nitrogens with zero attached hydrogens (tertiary/aromatic N) is 4. The van der Waals surface area contributed by atoms with Crippen molar-refractivity contribution in [3.05, 3.63) is 162 Å². The third-order valence-electron chi connectivity index (χ3n) is 10.00. The number of hydrogen-bond acceptors (Lipinski definition) is 4. The fraction of sp³-hybridized carbons (Fsp3) is 0.0667. The summed E-state index contributed by atoms with van der Waals surface area (Å²) in [5, 5.41) is 14.5. The number of aromatic nitrogens is 3. The SMILES string of the molecule is CC1(C)c2cccc(C#N)c2-c2c(-c3ccc(-c4nc(-c5cccc6ccccc56)nc(-c5cccc6ccccc56)n4)cc3)cccc21. The third kappa shape index (κ3) is 4.55. The molecule has 0 unspecified atom stereocenters. The number of benzene rings is 7. The van der Waals surface area contributed by atoms with E-state index in [0.717, 1.165) is 60.5 Å². The van der Waals surface area contributed by atoms with E-state index in [2.05, 4.69) is 153 Å². The molecule has 0 atom stereocenters. The fourth-order valence-corrected chi connectivity index (χ4v) is 7.55. The van der Waals surface area contributed by atoms with Crippen LogP contribution < -0.4 is 0 Å². The van der Waals surface area contributed by atoms with Gasteiger partial charge >= 0.3 is 0 Å². The zero-order chi connectivity index (χ0) is 33.1. The predicted molar refractivity (Wildman–Crippen MR) is 199 cm³/mol. The lowest BCUT2D eigenvalue weighted by Crippen LogP contribution is -2.14. The van der Waals surface area contributed by atoms with Crippen molar-refractivity contribution >= 4 is 21.5 Å². The van der Waals surface area contributed by atoms with Crippen LogP contribution in [-0.2, 0) is 5.41 Å². The van der Waals surface area contributed by atoms with Crippen LogP contribution in [0.15, 0.2) is 146 Å². The van der Waals surface area contributed by atoms with Gasteiger partial charge in [0.05, 0.1) is 11.6 Å². The quantitative estimate of drug-likeness (QED) is 0.195. The second kappa shape index (κ2) is 11.1. The highest BCUT2D eigenvalue weighted by molar-refractivity contribution is 5.98. The molecule has 1 aliphatic carbocycles. The van der Waals surface area contributed by atoms with Crippen LogP contribution in [0.5, 0.6) is 0 Å². The number of hydrogen-bond donors (Lipinski definition) is 0. The molecule has 0 saturated carbocycles. The van der Waals surface area contributed by atoms with Gasteiger partial charge in [0.1, 0.15) is 0 Å².